The van der Waals surface area contributed by atoms with Crippen LogP contribution in [0.25, 0.3) is 0 Å². The van der Waals surface area contributed by atoms with Crippen LogP contribution < -0.4 is 10.9 Å². The number of nitrogens with one attached hydrogen (secondary N) is 2. The number of carbonyl (C=O) groups is 1. The van der Waals surface area contributed by atoms with Crippen molar-refractivity contribution in [1.29, 1.82) is 5.26 Å². The fourth-order valence-corrected chi connectivity index (χ4v) is 3.85. The zero-order valence-corrected chi connectivity index (χ0v) is 18.0. The lowest BCUT2D eigenvalue weighted by Crippen LogP contribution is -2.29. The molecular formula is C22H18FN7O4. The second kappa shape index (κ2) is 8.99. The molecule has 3 aromatic heterocycles. The standard InChI is InChI=1S/C22H18FN7O4/c1-11(16(15-9-25-29-19(15)23)14-6-4-3-5-12(14)7-24)20-28-17(18(31)22(33)30(20)2)21(32)27-13-8-26-34-10-13/h3-6,8-11,16,31H,1-2H3,(H,25,29)(H,27,32)/t11-,16-/m0/s1. The molecule has 1 amide bonds. The van der Waals surface area contributed by atoms with E-state index in [-0.39, 0.29) is 17.1 Å². The average Bonchev–Trinajstić information content (AvgIpc) is 3.50. The van der Waals surface area contributed by atoms with Crippen molar-refractivity contribution in [3.8, 4) is 11.8 Å². The minimum absolute atomic E-state index is 0.0802. The van der Waals surface area contributed by atoms with Gasteiger partial charge >= 0.3 is 0 Å². The van der Waals surface area contributed by atoms with E-state index in [1.807, 2.05) is 0 Å². The van der Waals surface area contributed by atoms with Gasteiger partial charge in [0.15, 0.2) is 5.69 Å². The molecule has 0 radical (unpaired) electrons. The Bertz CT molecular complexity index is 1450. The molecule has 12 heteroatoms. The first-order valence-corrected chi connectivity index (χ1v) is 10.0. The SMILES string of the molecule is C[C@H](c1nc(C(=O)Nc2cnoc2)c(O)c(=O)n1C)[C@@H](c1ccccc1C#N)c1cn[nH]c1F. The maximum absolute atomic E-state index is 14.7. The molecule has 4 rings (SSSR count). The second-order valence-electron chi connectivity index (χ2n) is 7.50. The Kier molecular flexibility index (Phi) is 5.92. The maximum Gasteiger partial charge on any atom is 0.296 e. The normalized spacial score (nSPS) is 12.6. The molecule has 0 saturated carbocycles. The van der Waals surface area contributed by atoms with E-state index in [2.05, 4.69) is 36.2 Å². The highest BCUT2D eigenvalue weighted by molar-refractivity contribution is 6.04. The van der Waals surface area contributed by atoms with Crippen molar-refractivity contribution in [3.63, 3.8) is 0 Å². The van der Waals surface area contributed by atoms with Crippen LogP contribution in [0.4, 0.5) is 10.1 Å². The minimum Gasteiger partial charge on any atom is -0.501 e. The largest absolute Gasteiger partial charge is 0.501 e. The summed E-state index contributed by atoms with van der Waals surface area (Å²) in [6.07, 6.45) is 3.69. The van der Waals surface area contributed by atoms with E-state index >= 15 is 0 Å². The summed E-state index contributed by atoms with van der Waals surface area (Å²) in [5, 5.41) is 31.8. The van der Waals surface area contributed by atoms with E-state index < -0.39 is 40.7 Å². The van der Waals surface area contributed by atoms with Crippen LogP contribution in [0.15, 0.2) is 52.2 Å². The van der Waals surface area contributed by atoms with E-state index in [9.17, 15) is 24.3 Å². The van der Waals surface area contributed by atoms with Gasteiger partial charge in [0.1, 0.15) is 17.8 Å². The zero-order chi connectivity index (χ0) is 24.4. The molecule has 34 heavy (non-hydrogen) atoms. The van der Waals surface area contributed by atoms with Gasteiger partial charge in [0.25, 0.3) is 11.5 Å². The molecule has 3 heterocycles. The van der Waals surface area contributed by atoms with Crippen molar-refractivity contribution in [2.75, 3.05) is 5.32 Å². The Labute approximate surface area is 191 Å². The molecule has 4 aromatic rings. The van der Waals surface area contributed by atoms with Crippen LogP contribution >= 0.6 is 0 Å². The Morgan fingerprint density at radius 3 is 2.74 bits per heavy atom. The number of nitriles is 1. The molecule has 0 unspecified atom stereocenters. The first kappa shape index (κ1) is 22.4. The van der Waals surface area contributed by atoms with Gasteiger partial charge in [-0.2, -0.15) is 14.8 Å². The number of aromatic amines is 1. The summed E-state index contributed by atoms with van der Waals surface area (Å²) in [5.41, 5.74) is -0.265. The number of aromatic nitrogens is 5. The number of rotatable bonds is 6. The number of hydrogen-bond acceptors (Lipinski definition) is 8. The van der Waals surface area contributed by atoms with Crippen molar-refractivity contribution < 1.29 is 18.8 Å². The Balaban J connectivity index is 1.87. The monoisotopic (exact) mass is 463 g/mol. The van der Waals surface area contributed by atoms with Crippen molar-refractivity contribution in [3.05, 3.63) is 87.4 Å². The van der Waals surface area contributed by atoms with E-state index in [0.717, 1.165) is 10.8 Å². The second-order valence-corrected chi connectivity index (χ2v) is 7.50. The van der Waals surface area contributed by atoms with Gasteiger partial charge in [-0.15, -0.1) is 0 Å². The molecule has 0 aliphatic rings. The third kappa shape index (κ3) is 3.90. The molecule has 0 bridgehead atoms. The van der Waals surface area contributed by atoms with Gasteiger partial charge in [-0.05, 0) is 11.6 Å². The van der Waals surface area contributed by atoms with Crippen LogP contribution in [-0.4, -0.2) is 35.9 Å². The lowest BCUT2D eigenvalue weighted by Gasteiger charge is -2.26. The minimum atomic E-state index is -0.868. The summed E-state index contributed by atoms with van der Waals surface area (Å²) in [4.78, 5) is 29.8. The zero-order valence-electron chi connectivity index (χ0n) is 18.0. The van der Waals surface area contributed by atoms with Gasteiger partial charge in [-0.1, -0.05) is 30.3 Å². The fourth-order valence-electron chi connectivity index (χ4n) is 3.85. The Morgan fingerprint density at radius 2 is 2.09 bits per heavy atom. The molecule has 3 N–H and O–H groups in total. The predicted molar refractivity (Wildman–Crippen MR) is 116 cm³/mol. The first-order valence-electron chi connectivity index (χ1n) is 10.0. The van der Waals surface area contributed by atoms with Crippen molar-refractivity contribution in [1.82, 2.24) is 24.9 Å². The van der Waals surface area contributed by atoms with Crippen LogP contribution in [0.2, 0.25) is 0 Å². The number of aromatic hydroxyl groups is 1. The number of amides is 1. The van der Waals surface area contributed by atoms with E-state index in [0.29, 0.717) is 11.1 Å². The fraction of sp³-hybridized carbons (Fsp3) is 0.182. The van der Waals surface area contributed by atoms with Crippen LogP contribution in [0.3, 0.4) is 0 Å². The topological polar surface area (TPSA) is 163 Å². The lowest BCUT2D eigenvalue weighted by molar-refractivity contribution is 0.101. The van der Waals surface area contributed by atoms with E-state index in [4.69, 9.17) is 0 Å². The van der Waals surface area contributed by atoms with Crippen LogP contribution in [0.1, 0.15) is 51.8 Å². The van der Waals surface area contributed by atoms with Crippen LogP contribution in [-0.2, 0) is 7.05 Å². The van der Waals surface area contributed by atoms with Crippen LogP contribution in [0.5, 0.6) is 5.75 Å². The average molecular weight is 463 g/mol. The third-order valence-corrected chi connectivity index (χ3v) is 5.49. The lowest BCUT2D eigenvalue weighted by atomic mass is 9.80. The maximum atomic E-state index is 14.7. The van der Waals surface area contributed by atoms with Crippen molar-refractivity contribution in [2.45, 2.75) is 18.8 Å². The molecule has 11 nitrogen and oxygen atoms in total. The number of carbonyl (C=O) groups excluding carboxylic acids is 1. The number of nitrogens with zero attached hydrogens (tertiary/aromatic N) is 5. The van der Waals surface area contributed by atoms with Gasteiger partial charge in [-0.25, -0.2) is 4.98 Å². The highest BCUT2D eigenvalue weighted by Crippen LogP contribution is 2.39. The first-order chi connectivity index (χ1) is 16.3. The molecule has 0 aliphatic heterocycles. The molecule has 2 atom stereocenters. The number of halogens is 1. The molecule has 172 valence electrons. The van der Waals surface area contributed by atoms with E-state index in [1.165, 1.54) is 19.4 Å². The summed E-state index contributed by atoms with van der Waals surface area (Å²) in [6, 6.07) is 8.74. The quantitative estimate of drug-likeness (QED) is 0.392. The van der Waals surface area contributed by atoms with Gasteiger partial charge < -0.3 is 14.9 Å². The highest BCUT2D eigenvalue weighted by atomic mass is 19.1. The number of hydrogen-bond donors (Lipinski definition) is 3. The smallest absolute Gasteiger partial charge is 0.296 e. The molecule has 0 spiro atoms. The van der Waals surface area contributed by atoms with Crippen LogP contribution in [0, 0.1) is 17.3 Å². The molecule has 0 fully saturated rings. The highest BCUT2D eigenvalue weighted by Gasteiger charge is 2.32. The number of H-pyrrole nitrogens is 1. The van der Waals surface area contributed by atoms with E-state index in [1.54, 1.807) is 31.2 Å². The molecule has 0 saturated heterocycles. The van der Waals surface area contributed by atoms with Gasteiger partial charge in [-0.3, -0.25) is 19.3 Å². The molecule has 0 aliphatic carbocycles. The summed E-state index contributed by atoms with van der Waals surface area (Å²) in [5.74, 6) is -3.88. The molecular weight excluding hydrogens is 445 g/mol. The van der Waals surface area contributed by atoms with Crippen molar-refractivity contribution in [2.24, 2.45) is 7.05 Å². The number of benzene rings is 1. The predicted octanol–water partition coefficient (Wildman–Crippen LogP) is 2.40. The Morgan fingerprint density at radius 1 is 1.32 bits per heavy atom. The number of anilines is 1. The third-order valence-electron chi connectivity index (χ3n) is 5.49. The van der Waals surface area contributed by atoms with Crippen molar-refractivity contribution >= 4 is 11.6 Å². The summed E-state index contributed by atoms with van der Waals surface area (Å²) in [7, 11) is 1.38. The summed E-state index contributed by atoms with van der Waals surface area (Å²) in [6.45, 7) is 1.67. The van der Waals surface area contributed by atoms with Gasteiger partial charge in [0.2, 0.25) is 11.7 Å². The van der Waals surface area contributed by atoms with Gasteiger partial charge in [0, 0.05) is 24.4 Å². The molecule has 1 aromatic carbocycles. The summed E-state index contributed by atoms with van der Waals surface area (Å²) < 4.78 is 20.4. The Hall–Kier alpha value is -4.79. The van der Waals surface area contributed by atoms with Gasteiger partial charge in [0.05, 0.1) is 24.0 Å². The summed E-state index contributed by atoms with van der Waals surface area (Å²) >= 11 is 0.